The van der Waals surface area contributed by atoms with Crippen LogP contribution in [0.2, 0.25) is 0 Å². The number of esters is 1. The lowest BCUT2D eigenvalue weighted by molar-refractivity contribution is -0.161. The molecule has 0 bridgehead atoms. The summed E-state index contributed by atoms with van der Waals surface area (Å²) in [5, 5.41) is 9.46. The van der Waals surface area contributed by atoms with Gasteiger partial charge in [-0.05, 0) is 52.9 Å². The highest BCUT2D eigenvalue weighted by molar-refractivity contribution is 5.73. The highest BCUT2D eigenvalue weighted by Crippen LogP contribution is 2.30. The molecule has 1 N–H and O–H groups in total. The molecule has 24 heavy (non-hydrogen) atoms. The fourth-order valence-corrected chi connectivity index (χ4v) is 4.03. The number of aliphatic hydroxyl groups excluding tert-OH is 1. The van der Waals surface area contributed by atoms with Gasteiger partial charge in [-0.1, -0.05) is 6.92 Å². The molecule has 0 unspecified atom stereocenters. The van der Waals surface area contributed by atoms with Gasteiger partial charge in [0.05, 0.1) is 12.5 Å². The second-order valence-corrected chi connectivity index (χ2v) is 8.36. The van der Waals surface area contributed by atoms with Gasteiger partial charge in [0, 0.05) is 38.3 Å². The fraction of sp³-hybridized carbons (Fsp3) is 0.947. The van der Waals surface area contributed by atoms with Gasteiger partial charge >= 0.3 is 5.97 Å². The number of rotatable bonds is 5. The van der Waals surface area contributed by atoms with E-state index < -0.39 is 0 Å². The second kappa shape index (κ2) is 8.63. The van der Waals surface area contributed by atoms with Crippen molar-refractivity contribution >= 4 is 5.97 Å². The molecule has 5 heteroatoms. The number of ether oxygens (including phenoxy) is 1. The molecule has 1 saturated heterocycles. The minimum Gasteiger partial charge on any atom is -0.460 e. The van der Waals surface area contributed by atoms with Crippen molar-refractivity contribution < 1.29 is 14.6 Å². The van der Waals surface area contributed by atoms with Crippen molar-refractivity contribution in [2.45, 2.75) is 77.5 Å². The number of carbonyl (C=O) groups excluding carboxylic acids is 1. The summed E-state index contributed by atoms with van der Waals surface area (Å²) in [6.45, 7) is 12.5. The Labute approximate surface area is 147 Å². The summed E-state index contributed by atoms with van der Waals surface area (Å²) in [5.41, 5.74) is -0.382. The molecule has 0 radical (unpaired) electrons. The van der Waals surface area contributed by atoms with E-state index in [1.807, 2.05) is 20.8 Å². The lowest BCUT2D eigenvalue weighted by Crippen LogP contribution is -2.54. The van der Waals surface area contributed by atoms with E-state index in [2.05, 4.69) is 16.7 Å². The van der Waals surface area contributed by atoms with Crippen molar-refractivity contribution in [1.29, 1.82) is 0 Å². The minimum absolute atomic E-state index is 0.0143. The van der Waals surface area contributed by atoms with Crippen LogP contribution in [0.15, 0.2) is 0 Å². The van der Waals surface area contributed by atoms with E-state index in [1.165, 1.54) is 0 Å². The molecule has 0 amide bonds. The maximum atomic E-state index is 12.2. The summed E-state index contributed by atoms with van der Waals surface area (Å²) in [5.74, 6) is 0.0696. The lowest BCUT2D eigenvalue weighted by atomic mass is 9.85. The molecule has 1 heterocycles. The summed E-state index contributed by atoms with van der Waals surface area (Å²) in [4.78, 5) is 17.2. The zero-order chi connectivity index (χ0) is 17.7. The molecule has 0 spiro atoms. The van der Waals surface area contributed by atoms with Gasteiger partial charge in [-0.15, -0.1) is 0 Å². The van der Waals surface area contributed by atoms with Crippen LogP contribution in [-0.4, -0.2) is 71.3 Å². The highest BCUT2D eigenvalue weighted by Gasteiger charge is 2.33. The molecule has 1 atom stereocenters. The van der Waals surface area contributed by atoms with Crippen LogP contribution in [-0.2, 0) is 9.53 Å². The Morgan fingerprint density at radius 2 is 1.71 bits per heavy atom. The molecule has 140 valence electrons. The summed E-state index contributed by atoms with van der Waals surface area (Å²) < 4.78 is 5.54. The van der Waals surface area contributed by atoms with E-state index in [0.29, 0.717) is 12.1 Å². The molecule has 1 aliphatic heterocycles. The van der Waals surface area contributed by atoms with E-state index in [9.17, 15) is 9.90 Å². The number of piperazine rings is 1. The van der Waals surface area contributed by atoms with Gasteiger partial charge in [-0.2, -0.15) is 0 Å². The second-order valence-electron chi connectivity index (χ2n) is 8.36. The van der Waals surface area contributed by atoms with Gasteiger partial charge in [0.2, 0.25) is 0 Å². The number of aliphatic hydroxyl groups is 1. The van der Waals surface area contributed by atoms with Crippen molar-refractivity contribution in [1.82, 2.24) is 9.80 Å². The molecular formula is C19H36N2O3. The Morgan fingerprint density at radius 1 is 1.12 bits per heavy atom. The Kier molecular flexibility index (Phi) is 7.08. The first-order chi connectivity index (χ1) is 11.3. The summed E-state index contributed by atoms with van der Waals surface area (Å²) in [6, 6.07) is 0.926. The Morgan fingerprint density at radius 3 is 2.17 bits per heavy atom. The van der Waals surface area contributed by atoms with Crippen LogP contribution in [0.4, 0.5) is 0 Å². The van der Waals surface area contributed by atoms with Crippen LogP contribution in [0.1, 0.15) is 59.8 Å². The number of nitrogens with zero attached hydrogens (tertiary/aromatic N) is 2. The standard InChI is InChI=1S/C19H36N2O3/c1-5-16(14-22)20-10-12-21(13-11-20)17-8-6-15(7-9-17)18(23)24-19(2,3)4/h15-17,22H,5-14H2,1-4H3/t15?,16-,17?/m0/s1. The van der Waals surface area contributed by atoms with Crippen LogP contribution in [0.5, 0.6) is 0 Å². The Hall–Kier alpha value is -0.650. The third kappa shape index (κ3) is 5.43. The highest BCUT2D eigenvalue weighted by atomic mass is 16.6. The molecule has 0 aromatic rings. The van der Waals surface area contributed by atoms with Crippen LogP contribution in [0.3, 0.4) is 0 Å². The van der Waals surface area contributed by atoms with E-state index in [-0.39, 0.29) is 24.1 Å². The SMILES string of the molecule is CC[C@@H](CO)N1CCN(C2CCC(C(=O)OC(C)(C)C)CC2)CC1. The average Bonchev–Trinajstić information content (AvgIpc) is 2.55. The quantitative estimate of drug-likeness (QED) is 0.778. The predicted octanol–water partition coefficient (Wildman–Crippen LogP) is 2.28. The van der Waals surface area contributed by atoms with Crippen LogP contribution in [0.25, 0.3) is 0 Å². The first kappa shape index (κ1) is 19.7. The first-order valence-electron chi connectivity index (χ1n) is 9.66. The van der Waals surface area contributed by atoms with Crippen LogP contribution >= 0.6 is 0 Å². The van der Waals surface area contributed by atoms with Gasteiger partial charge in [-0.25, -0.2) is 0 Å². The van der Waals surface area contributed by atoms with Crippen molar-refractivity contribution in [3.8, 4) is 0 Å². The Balaban J connectivity index is 1.75. The topological polar surface area (TPSA) is 53.0 Å². The first-order valence-corrected chi connectivity index (χ1v) is 9.66. The average molecular weight is 341 g/mol. The van der Waals surface area contributed by atoms with E-state index in [0.717, 1.165) is 58.3 Å². The summed E-state index contributed by atoms with van der Waals surface area (Å²) >= 11 is 0. The molecule has 0 aromatic carbocycles. The third-order valence-electron chi connectivity index (χ3n) is 5.50. The largest absolute Gasteiger partial charge is 0.460 e. The zero-order valence-electron chi connectivity index (χ0n) is 16.0. The smallest absolute Gasteiger partial charge is 0.309 e. The molecule has 1 aliphatic carbocycles. The van der Waals surface area contributed by atoms with Crippen molar-refractivity contribution in [3.63, 3.8) is 0 Å². The fourth-order valence-electron chi connectivity index (χ4n) is 4.03. The maximum absolute atomic E-state index is 12.2. The monoisotopic (exact) mass is 340 g/mol. The van der Waals surface area contributed by atoms with E-state index >= 15 is 0 Å². The zero-order valence-corrected chi connectivity index (χ0v) is 16.0. The van der Waals surface area contributed by atoms with E-state index in [1.54, 1.807) is 0 Å². The summed E-state index contributed by atoms with van der Waals surface area (Å²) in [7, 11) is 0. The van der Waals surface area contributed by atoms with Gasteiger partial charge in [-0.3, -0.25) is 14.6 Å². The third-order valence-corrected chi connectivity index (χ3v) is 5.50. The molecular weight excluding hydrogens is 304 g/mol. The van der Waals surface area contributed by atoms with Gasteiger partial charge in [0.25, 0.3) is 0 Å². The number of carbonyl (C=O) groups is 1. The predicted molar refractivity (Wildman–Crippen MR) is 95.9 cm³/mol. The number of hydrogen-bond donors (Lipinski definition) is 1. The normalized spacial score (nSPS) is 28.5. The molecule has 0 aromatic heterocycles. The van der Waals surface area contributed by atoms with E-state index in [4.69, 9.17) is 4.74 Å². The maximum Gasteiger partial charge on any atom is 0.309 e. The molecule has 2 aliphatic rings. The van der Waals surface area contributed by atoms with Crippen LogP contribution in [0, 0.1) is 5.92 Å². The molecule has 1 saturated carbocycles. The van der Waals surface area contributed by atoms with Crippen molar-refractivity contribution in [3.05, 3.63) is 0 Å². The molecule has 2 fully saturated rings. The Bertz CT molecular complexity index is 388. The lowest BCUT2D eigenvalue weighted by Gasteiger charge is -2.43. The van der Waals surface area contributed by atoms with Crippen LogP contribution < -0.4 is 0 Å². The van der Waals surface area contributed by atoms with Crippen molar-refractivity contribution in [2.24, 2.45) is 5.92 Å². The number of hydrogen-bond acceptors (Lipinski definition) is 5. The van der Waals surface area contributed by atoms with Crippen molar-refractivity contribution in [2.75, 3.05) is 32.8 Å². The molecule has 2 rings (SSSR count). The minimum atomic E-state index is -0.382. The van der Waals surface area contributed by atoms with Gasteiger partial charge < -0.3 is 9.84 Å². The van der Waals surface area contributed by atoms with Gasteiger partial charge in [0.1, 0.15) is 5.60 Å². The summed E-state index contributed by atoms with van der Waals surface area (Å²) in [6.07, 6.45) is 5.11. The van der Waals surface area contributed by atoms with Gasteiger partial charge in [0.15, 0.2) is 0 Å². The molecule has 5 nitrogen and oxygen atoms in total.